The second kappa shape index (κ2) is 9.04. The van der Waals surface area contributed by atoms with Crippen LogP contribution in [0.5, 0.6) is 0 Å². The standard InChI is InChI=1S/C16H24O3Si/c1-14(2)8-11-17-20(7,18-12-9-15(3)4)19-13-10-16(5)6/h8-13H,1,3,5H2,2,4,6-7H3. The van der Waals surface area contributed by atoms with Crippen molar-refractivity contribution in [1.29, 1.82) is 0 Å². The number of hydrogen-bond acceptors (Lipinski definition) is 3. The van der Waals surface area contributed by atoms with Gasteiger partial charge in [0, 0.05) is 6.55 Å². The Balaban J connectivity index is 4.77. The van der Waals surface area contributed by atoms with E-state index in [0.29, 0.717) is 0 Å². The van der Waals surface area contributed by atoms with Gasteiger partial charge in [0.2, 0.25) is 0 Å². The highest BCUT2D eigenvalue weighted by molar-refractivity contribution is 6.59. The minimum atomic E-state index is -2.83. The molecular formula is C16H24O3Si. The van der Waals surface area contributed by atoms with Crippen LogP contribution < -0.4 is 0 Å². The molecule has 0 atom stereocenters. The van der Waals surface area contributed by atoms with Gasteiger partial charge in [-0.3, -0.25) is 0 Å². The van der Waals surface area contributed by atoms with E-state index in [9.17, 15) is 0 Å². The lowest BCUT2D eigenvalue weighted by Crippen LogP contribution is -2.37. The zero-order valence-corrected chi connectivity index (χ0v) is 13.8. The van der Waals surface area contributed by atoms with E-state index in [1.165, 1.54) is 18.8 Å². The second-order valence-electron chi connectivity index (χ2n) is 4.66. The molecule has 0 aromatic heterocycles. The molecular weight excluding hydrogens is 268 g/mol. The maximum absolute atomic E-state index is 5.60. The summed E-state index contributed by atoms with van der Waals surface area (Å²) in [4.78, 5) is 0. The SMILES string of the molecule is C=C(C)C=CO[Si](C)(OC=CC(=C)C)OC=CC(=C)C. The molecule has 0 saturated carbocycles. The molecule has 0 aromatic rings. The first-order valence-electron chi connectivity index (χ1n) is 6.25. The van der Waals surface area contributed by atoms with Crippen molar-refractivity contribution in [2.45, 2.75) is 27.3 Å². The van der Waals surface area contributed by atoms with Crippen LogP contribution in [0.25, 0.3) is 0 Å². The molecule has 0 N–H and O–H groups in total. The number of rotatable bonds is 9. The van der Waals surface area contributed by atoms with Crippen molar-refractivity contribution >= 4 is 8.80 Å². The average Bonchev–Trinajstić information content (AvgIpc) is 2.27. The molecule has 4 heteroatoms. The molecule has 0 saturated heterocycles. The summed E-state index contributed by atoms with van der Waals surface area (Å²) in [5, 5.41) is 0. The lowest BCUT2D eigenvalue weighted by molar-refractivity contribution is 0.189. The van der Waals surface area contributed by atoms with Crippen molar-refractivity contribution in [3.63, 3.8) is 0 Å². The van der Waals surface area contributed by atoms with Gasteiger partial charge < -0.3 is 13.3 Å². The van der Waals surface area contributed by atoms with Gasteiger partial charge >= 0.3 is 8.80 Å². The first-order valence-corrected chi connectivity index (χ1v) is 8.47. The van der Waals surface area contributed by atoms with Gasteiger partial charge in [-0.05, 0) is 39.0 Å². The minimum absolute atomic E-state index is 0.885. The van der Waals surface area contributed by atoms with Crippen molar-refractivity contribution in [2.75, 3.05) is 0 Å². The minimum Gasteiger partial charge on any atom is -0.490 e. The molecule has 0 aliphatic heterocycles. The summed E-state index contributed by atoms with van der Waals surface area (Å²) in [6, 6.07) is 0. The van der Waals surface area contributed by atoms with Crippen molar-refractivity contribution in [2.24, 2.45) is 0 Å². The van der Waals surface area contributed by atoms with Crippen LogP contribution in [0.1, 0.15) is 20.8 Å². The molecule has 0 unspecified atom stereocenters. The van der Waals surface area contributed by atoms with Gasteiger partial charge in [-0.1, -0.05) is 36.5 Å². The van der Waals surface area contributed by atoms with Crippen LogP contribution in [0.15, 0.2) is 73.5 Å². The highest BCUT2D eigenvalue weighted by Gasteiger charge is 2.39. The van der Waals surface area contributed by atoms with E-state index in [-0.39, 0.29) is 0 Å². The summed E-state index contributed by atoms with van der Waals surface area (Å²) in [5.74, 6) is 0. The Morgan fingerprint density at radius 1 is 0.700 bits per heavy atom. The average molecular weight is 292 g/mol. The fourth-order valence-electron chi connectivity index (χ4n) is 0.905. The van der Waals surface area contributed by atoms with Crippen molar-refractivity contribution in [1.82, 2.24) is 0 Å². The predicted octanol–water partition coefficient (Wildman–Crippen LogP) is 4.87. The highest BCUT2D eigenvalue weighted by Crippen LogP contribution is 2.13. The van der Waals surface area contributed by atoms with Gasteiger partial charge in [-0.25, -0.2) is 0 Å². The van der Waals surface area contributed by atoms with Crippen LogP contribution in [-0.4, -0.2) is 8.80 Å². The van der Waals surface area contributed by atoms with Gasteiger partial charge in [0.25, 0.3) is 0 Å². The third kappa shape index (κ3) is 10.0. The number of hydrogen-bond donors (Lipinski definition) is 0. The maximum atomic E-state index is 5.60. The van der Waals surface area contributed by atoms with E-state index < -0.39 is 8.80 Å². The molecule has 0 heterocycles. The van der Waals surface area contributed by atoms with Crippen LogP contribution in [0, 0.1) is 0 Å². The summed E-state index contributed by atoms with van der Waals surface area (Å²) in [5.41, 5.74) is 2.66. The molecule has 0 rings (SSSR count). The Morgan fingerprint density at radius 3 is 1.15 bits per heavy atom. The van der Waals surface area contributed by atoms with E-state index in [1.54, 1.807) is 24.8 Å². The Hall–Kier alpha value is -1.94. The molecule has 110 valence electrons. The largest absolute Gasteiger partial charge is 0.694 e. The highest BCUT2D eigenvalue weighted by atomic mass is 28.4. The summed E-state index contributed by atoms with van der Waals surface area (Å²) >= 11 is 0. The molecule has 3 nitrogen and oxygen atoms in total. The fraction of sp³-hybridized carbons (Fsp3) is 0.250. The van der Waals surface area contributed by atoms with E-state index in [1.807, 2.05) is 20.8 Å². The zero-order valence-electron chi connectivity index (χ0n) is 12.8. The third-order valence-electron chi connectivity index (χ3n) is 1.90. The van der Waals surface area contributed by atoms with Crippen molar-refractivity contribution < 1.29 is 13.3 Å². The van der Waals surface area contributed by atoms with Crippen LogP contribution in [-0.2, 0) is 13.3 Å². The lowest BCUT2D eigenvalue weighted by atomic mass is 10.4. The lowest BCUT2D eigenvalue weighted by Gasteiger charge is -2.22. The maximum Gasteiger partial charge on any atom is 0.694 e. The van der Waals surface area contributed by atoms with Gasteiger partial charge in [-0.2, -0.15) is 0 Å². The van der Waals surface area contributed by atoms with Crippen LogP contribution in [0.3, 0.4) is 0 Å². The summed E-state index contributed by atoms with van der Waals surface area (Å²) in [6.07, 6.45) is 9.88. The van der Waals surface area contributed by atoms with E-state index in [0.717, 1.165) is 16.7 Å². The van der Waals surface area contributed by atoms with Gasteiger partial charge in [-0.15, -0.1) is 0 Å². The second-order valence-corrected chi connectivity index (χ2v) is 7.10. The predicted molar refractivity (Wildman–Crippen MR) is 86.7 cm³/mol. The zero-order chi connectivity index (χ0) is 15.6. The summed E-state index contributed by atoms with van der Waals surface area (Å²) in [7, 11) is -2.83. The van der Waals surface area contributed by atoms with Gasteiger partial charge in [0.15, 0.2) is 0 Å². The van der Waals surface area contributed by atoms with Gasteiger partial charge in [0.05, 0.1) is 18.8 Å². The monoisotopic (exact) mass is 292 g/mol. The molecule has 0 aliphatic rings. The van der Waals surface area contributed by atoms with Gasteiger partial charge in [0.1, 0.15) is 0 Å². The molecule has 0 radical (unpaired) electrons. The van der Waals surface area contributed by atoms with E-state index in [2.05, 4.69) is 19.7 Å². The third-order valence-corrected chi connectivity index (χ3v) is 3.60. The Bertz CT molecular complexity index is 380. The van der Waals surface area contributed by atoms with Crippen molar-refractivity contribution in [3.8, 4) is 0 Å². The van der Waals surface area contributed by atoms with E-state index >= 15 is 0 Å². The molecule has 20 heavy (non-hydrogen) atoms. The Morgan fingerprint density at radius 2 is 0.950 bits per heavy atom. The quantitative estimate of drug-likeness (QED) is 0.344. The normalized spacial score (nSPS) is 14.4. The number of allylic oxidation sites excluding steroid dienone is 6. The summed E-state index contributed by atoms with van der Waals surface area (Å²) in [6.45, 7) is 18.7. The van der Waals surface area contributed by atoms with Crippen LogP contribution in [0.2, 0.25) is 6.55 Å². The van der Waals surface area contributed by atoms with Crippen molar-refractivity contribution in [3.05, 3.63) is 73.5 Å². The Labute approximate surface area is 123 Å². The molecule has 0 bridgehead atoms. The molecule has 0 spiro atoms. The van der Waals surface area contributed by atoms with Crippen LogP contribution >= 0.6 is 0 Å². The summed E-state index contributed by atoms with van der Waals surface area (Å²) < 4.78 is 16.8. The van der Waals surface area contributed by atoms with Crippen LogP contribution in [0.4, 0.5) is 0 Å². The molecule has 0 fully saturated rings. The molecule has 0 aliphatic carbocycles. The first-order chi connectivity index (χ1) is 9.25. The molecule has 0 amide bonds. The fourth-order valence-corrected chi connectivity index (χ4v) is 2.02. The smallest absolute Gasteiger partial charge is 0.490 e. The van der Waals surface area contributed by atoms with E-state index in [4.69, 9.17) is 13.3 Å². The first kappa shape index (κ1) is 18.1. The molecule has 0 aromatic carbocycles. The Kier molecular flexibility index (Phi) is 8.16. The topological polar surface area (TPSA) is 27.7 Å².